The van der Waals surface area contributed by atoms with Crippen LogP contribution in [0.4, 0.5) is 5.69 Å². The fraction of sp³-hybridized carbons (Fsp3) is 0.250. The highest BCUT2D eigenvalue weighted by atomic mass is 79.9. The molecule has 0 saturated carbocycles. The van der Waals surface area contributed by atoms with Gasteiger partial charge in [0.25, 0.3) is 0 Å². The Balaban J connectivity index is 1.82. The molecule has 0 fully saturated rings. The van der Waals surface area contributed by atoms with Crippen molar-refractivity contribution in [3.8, 4) is 5.75 Å². The molecule has 10 nitrogen and oxygen atoms in total. The highest BCUT2D eigenvalue weighted by Crippen LogP contribution is 2.26. The van der Waals surface area contributed by atoms with Crippen molar-refractivity contribution in [1.29, 1.82) is 0 Å². The Bertz CT molecular complexity index is 1080. The number of aromatic nitrogens is 5. The molecule has 28 heavy (non-hydrogen) atoms. The van der Waals surface area contributed by atoms with Crippen LogP contribution in [0.2, 0.25) is 0 Å². The molecule has 2 heterocycles. The first-order valence-electron chi connectivity index (χ1n) is 8.04. The molecule has 2 aromatic heterocycles. The Morgan fingerprint density at radius 1 is 1.36 bits per heavy atom. The highest BCUT2D eigenvalue weighted by molar-refractivity contribution is 9.10. The average molecular weight is 466 g/mol. The van der Waals surface area contributed by atoms with Crippen LogP contribution in [-0.4, -0.2) is 40.9 Å². The van der Waals surface area contributed by atoms with Crippen molar-refractivity contribution in [2.75, 3.05) is 0 Å². The van der Waals surface area contributed by atoms with Gasteiger partial charge in [-0.1, -0.05) is 27.7 Å². The standard InChI is InChI=1S/C16H16BrN7O3S/c1-9-15(24(26)27)10(2)22(21-9)8-28-16-20-19-11(3)23(16)18-7-12-6-13(25)4-5-14(12)17/h4-7,25H,8H2,1-3H3/b18-7+. The summed E-state index contributed by atoms with van der Waals surface area (Å²) in [5, 5.41) is 38.0. The maximum Gasteiger partial charge on any atom is 0.312 e. The van der Waals surface area contributed by atoms with Gasteiger partial charge in [0, 0.05) is 10.0 Å². The molecule has 0 unspecified atom stereocenters. The summed E-state index contributed by atoms with van der Waals surface area (Å²) in [4.78, 5) is 10.7. The minimum Gasteiger partial charge on any atom is -0.508 e. The van der Waals surface area contributed by atoms with Crippen LogP contribution < -0.4 is 0 Å². The van der Waals surface area contributed by atoms with Crippen molar-refractivity contribution in [2.45, 2.75) is 31.8 Å². The summed E-state index contributed by atoms with van der Waals surface area (Å²) in [6.07, 6.45) is 1.58. The Morgan fingerprint density at radius 3 is 2.79 bits per heavy atom. The molecule has 1 aromatic carbocycles. The lowest BCUT2D eigenvalue weighted by molar-refractivity contribution is -0.386. The van der Waals surface area contributed by atoms with E-state index in [1.165, 1.54) is 11.8 Å². The van der Waals surface area contributed by atoms with E-state index in [1.807, 2.05) is 0 Å². The molecule has 0 spiro atoms. The Kier molecular flexibility index (Phi) is 5.79. The third kappa shape index (κ3) is 4.07. The van der Waals surface area contributed by atoms with Gasteiger partial charge in [-0.15, -0.1) is 10.2 Å². The van der Waals surface area contributed by atoms with Crippen molar-refractivity contribution in [2.24, 2.45) is 5.10 Å². The number of phenolic OH excluding ortho intramolecular Hbond substituents is 1. The topological polar surface area (TPSA) is 124 Å². The van der Waals surface area contributed by atoms with Gasteiger partial charge in [-0.25, -0.2) is 0 Å². The van der Waals surface area contributed by atoms with Crippen molar-refractivity contribution >= 4 is 39.6 Å². The van der Waals surface area contributed by atoms with Crippen LogP contribution in [-0.2, 0) is 5.88 Å². The first-order chi connectivity index (χ1) is 13.3. The first kappa shape index (κ1) is 20.0. The zero-order valence-electron chi connectivity index (χ0n) is 15.2. The predicted octanol–water partition coefficient (Wildman–Crippen LogP) is 3.41. The van der Waals surface area contributed by atoms with Gasteiger partial charge in [0.2, 0.25) is 5.16 Å². The lowest BCUT2D eigenvalue weighted by Crippen LogP contribution is -2.02. The number of rotatable bonds is 6. The van der Waals surface area contributed by atoms with E-state index in [9.17, 15) is 15.2 Å². The average Bonchev–Trinajstić information content (AvgIpc) is 3.12. The van der Waals surface area contributed by atoms with Gasteiger partial charge >= 0.3 is 5.69 Å². The zero-order chi connectivity index (χ0) is 20.4. The molecule has 0 saturated heterocycles. The minimum absolute atomic E-state index is 0.0185. The summed E-state index contributed by atoms with van der Waals surface area (Å²) in [7, 11) is 0. The summed E-state index contributed by atoms with van der Waals surface area (Å²) in [6.45, 7) is 5.03. The van der Waals surface area contributed by atoms with Crippen LogP contribution in [0.3, 0.4) is 0 Å². The smallest absolute Gasteiger partial charge is 0.312 e. The van der Waals surface area contributed by atoms with E-state index >= 15 is 0 Å². The van der Waals surface area contributed by atoms with Crippen LogP contribution in [0.5, 0.6) is 5.75 Å². The molecule has 1 N–H and O–H groups in total. The van der Waals surface area contributed by atoms with Gasteiger partial charge in [-0.05, 0) is 39.0 Å². The van der Waals surface area contributed by atoms with Crippen molar-refractivity contribution < 1.29 is 10.0 Å². The molecule has 0 aliphatic carbocycles. The molecule has 0 atom stereocenters. The van der Waals surface area contributed by atoms with E-state index in [1.54, 1.807) is 54.5 Å². The SMILES string of the molecule is Cc1nn(CSc2nnc(C)n2/N=C/c2cc(O)ccc2Br)c(C)c1[N+](=O)[O-]. The van der Waals surface area contributed by atoms with Crippen LogP contribution >= 0.6 is 27.7 Å². The Morgan fingerprint density at radius 2 is 2.11 bits per heavy atom. The summed E-state index contributed by atoms with van der Waals surface area (Å²) in [5.74, 6) is 1.03. The summed E-state index contributed by atoms with van der Waals surface area (Å²) < 4.78 is 3.90. The van der Waals surface area contributed by atoms with Crippen LogP contribution in [0, 0.1) is 30.9 Å². The molecule has 0 aliphatic rings. The Labute approximate surface area is 172 Å². The second kappa shape index (κ2) is 8.10. The maximum atomic E-state index is 11.1. The number of phenols is 1. The third-order valence-corrected chi connectivity index (χ3v) is 5.51. The van der Waals surface area contributed by atoms with Crippen molar-refractivity contribution in [3.05, 3.63) is 55.6 Å². The van der Waals surface area contributed by atoms with E-state index in [4.69, 9.17) is 0 Å². The fourth-order valence-corrected chi connectivity index (χ4v) is 3.75. The monoisotopic (exact) mass is 465 g/mol. The van der Waals surface area contributed by atoms with Crippen LogP contribution in [0.15, 0.2) is 32.9 Å². The van der Waals surface area contributed by atoms with E-state index in [-0.39, 0.29) is 11.4 Å². The summed E-state index contributed by atoms with van der Waals surface area (Å²) >= 11 is 4.71. The maximum absolute atomic E-state index is 11.1. The lowest BCUT2D eigenvalue weighted by Gasteiger charge is -2.04. The van der Waals surface area contributed by atoms with Gasteiger partial charge in [0.1, 0.15) is 17.1 Å². The second-order valence-corrected chi connectivity index (χ2v) is 7.61. The number of aromatic hydroxyl groups is 1. The molecule has 3 aromatic rings. The second-order valence-electron chi connectivity index (χ2n) is 5.84. The largest absolute Gasteiger partial charge is 0.508 e. The van der Waals surface area contributed by atoms with E-state index in [2.05, 4.69) is 36.3 Å². The lowest BCUT2D eigenvalue weighted by atomic mass is 10.2. The summed E-state index contributed by atoms with van der Waals surface area (Å²) in [5.41, 5.74) is 1.56. The number of hydrogen-bond donors (Lipinski definition) is 1. The molecule has 146 valence electrons. The zero-order valence-corrected chi connectivity index (χ0v) is 17.6. The molecule has 0 amide bonds. The number of hydrogen-bond acceptors (Lipinski definition) is 8. The quantitative estimate of drug-likeness (QED) is 0.256. The normalized spacial score (nSPS) is 11.4. The van der Waals surface area contributed by atoms with Gasteiger partial charge < -0.3 is 5.11 Å². The fourth-order valence-electron chi connectivity index (χ4n) is 2.51. The number of halogens is 1. The number of benzene rings is 1. The Hall–Kier alpha value is -2.73. The third-order valence-electron chi connectivity index (χ3n) is 3.90. The molecule has 0 aliphatic heterocycles. The van der Waals surface area contributed by atoms with Crippen LogP contribution in [0.25, 0.3) is 0 Å². The van der Waals surface area contributed by atoms with E-state index in [0.717, 1.165) is 4.47 Å². The number of nitrogens with zero attached hydrogens (tertiary/aromatic N) is 7. The minimum atomic E-state index is -0.428. The molecule has 0 radical (unpaired) electrons. The molecule has 3 rings (SSSR count). The van der Waals surface area contributed by atoms with Gasteiger partial charge in [0.15, 0.2) is 5.82 Å². The molecule has 0 bridgehead atoms. The van der Waals surface area contributed by atoms with Gasteiger partial charge in [0.05, 0.1) is 17.0 Å². The molecule has 12 heteroatoms. The predicted molar refractivity (Wildman–Crippen MR) is 108 cm³/mol. The van der Waals surface area contributed by atoms with Crippen LogP contribution in [0.1, 0.15) is 22.8 Å². The van der Waals surface area contributed by atoms with Crippen molar-refractivity contribution in [3.63, 3.8) is 0 Å². The van der Waals surface area contributed by atoms with Crippen molar-refractivity contribution in [1.82, 2.24) is 24.7 Å². The number of nitro groups is 1. The number of aryl methyl sites for hydroxylation is 2. The highest BCUT2D eigenvalue weighted by Gasteiger charge is 2.22. The van der Waals surface area contributed by atoms with Gasteiger partial charge in [-0.2, -0.15) is 14.9 Å². The summed E-state index contributed by atoms with van der Waals surface area (Å²) in [6, 6.07) is 4.87. The van der Waals surface area contributed by atoms with Gasteiger partial charge in [-0.3, -0.25) is 14.8 Å². The molecular formula is C16H16BrN7O3S. The van der Waals surface area contributed by atoms with E-state index < -0.39 is 4.92 Å². The first-order valence-corrected chi connectivity index (χ1v) is 9.82. The number of thioether (sulfide) groups is 1. The van der Waals surface area contributed by atoms with E-state index in [0.29, 0.717) is 33.8 Å². The molecular weight excluding hydrogens is 450 g/mol.